The van der Waals surface area contributed by atoms with E-state index in [2.05, 4.69) is 11.2 Å². The molecule has 3 fully saturated rings. The zero-order valence-corrected chi connectivity index (χ0v) is 10.3. The number of hydrogen-bond acceptors (Lipinski definition) is 3. The molecule has 0 N–H and O–H groups in total. The van der Waals surface area contributed by atoms with Gasteiger partial charge in [0.15, 0.2) is 6.19 Å². The Morgan fingerprint density at radius 3 is 2.24 bits per heavy atom. The van der Waals surface area contributed by atoms with Gasteiger partial charge in [0.2, 0.25) is 0 Å². The van der Waals surface area contributed by atoms with Crippen LogP contribution < -0.4 is 5.01 Å². The molecule has 2 heterocycles. The molecule has 3 aliphatic rings. The van der Waals surface area contributed by atoms with Gasteiger partial charge in [0.1, 0.15) is 0 Å². The Labute approximate surface area is 106 Å². The van der Waals surface area contributed by atoms with Crippen molar-refractivity contribution >= 4 is 17.3 Å². The van der Waals surface area contributed by atoms with Crippen molar-refractivity contribution in [2.24, 2.45) is 0 Å². The van der Waals surface area contributed by atoms with Crippen molar-refractivity contribution in [3.05, 3.63) is 29.3 Å². The maximum Gasteiger partial charge on any atom is 0.200 e. The molecule has 4 rings (SSSR count). The van der Waals surface area contributed by atoms with E-state index in [9.17, 15) is 5.26 Å². The van der Waals surface area contributed by atoms with Crippen molar-refractivity contribution in [1.29, 1.82) is 5.26 Å². The van der Waals surface area contributed by atoms with Gasteiger partial charge in [-0.2, -0.15) is 5.26 Å². The minimum Gasteiger partial charge on any atom is -0.273 e. The number of anilines is 1. The first-order valence-electron chi connectivity index (χ1n) is 6.03. The molecular formula is C13H14ClN3. The van der Waals surface area contributed by atoms with Crippen molar-refractivity contribution < 1.29 is 0 Å². The van der Waals surface area contributed by atoms with E-state index in [1.54, 1.807) is 0 Å². The van der Waals surface area contributed by atoms with Crippen molar-refractivity contribution in [1.82, 2.24) is 5.01 Å². The Morgan fingerprint density at radius 2 is 1.65 bits per heavy atom. The maximum absolute atomic E-state index is 9.31. The third-order valence-electron chi connectivity index (χ3n) is 3.78. The van der Waals surface area contributed by atoms with E-state index in [0.717, 1.165) is 23.6 Å². The summed E-state index contributed by atoms with van der Waals surface area (Å²) in [5, 5.41) is 14.0. The van der Waals surface area contributed by atoms with E-state index in [1.807, 2.05) is 29.3 Å². The molecule has 0 spiro atoms. The molecule has 88 valence electrons. The van der Waals surface area contributed by atoms with E-state index in [-0.39, 0.29) is 0 Å². The number of fused-ring (bicyclic) bond motifs is 3. The smallest absolute Gasteiger partial charge is 0.200 e. The summed E-state index contributed by atoms with van der Waals surface area (Å²) in [6.45, 7) is 0. The van der Waals surface area contributed by atoms with Crippen LogP contribution in [-0.2, 0) is 0 Å². The van der Waals surface area contributed by atoms with Crippen molar-refractivity contribution in [3.8, 4) is 6.19 Å². The second-order valence-electron chi connectivity index (χ2n) is 4.73. The first-order chi connectivity index (χ1) is 8.29. The molecule has 0 amide bonds. The molecule has 3 nitrogen and oxygen atoms in total. The van der Waals surface area contributed by atoms with Crippen LogP contribution in [0.1, 0.15) is 25.7 Å². The summed E-state index contributed by atoms with van der Waals surface area (Å²) in [6, 6.07) is 8.62. The standard InChI is InChI=1S/C13H14ClN3/c14-10-1-3-12(4-2-10)17-13-7-5-11(6-8-13)16(17)9-15/h1-4,11,13H,5-8H2. The molecule has 1 aromatic carbocycles. The Kier molecular flexibility index (Phi) is 2.60. The van der Waals surface area contributed by atoms with Gasteiger partial charge in [-0.3, -0.25) is 5.01 Å². The van der Waals surface area contributed by atoms with E-state index >= 15 is 0 Å². The van der Waals surface area contributed by atoms with Gasteiger partial charge in [-0.25, -0.2) is 5.01 Å². The van der Waals surface area contributed by atoms with Crippen LogP contribution in [0.15, 0.2) is 24.3 Å². The van der Waals surface area contributed by atoms with Gasteiger partial charge < -0.3 is 0 Å². The highest BCUT2D eigenvalue weighted by atomic mass is 35.5. The molecule has 2 aliphatic heterocycles. The lowest BCUT2D eigenvalue weighted by atomic mass is 9.87. The predicted molar refractivity (Wildman–Crippen MR) is 67.4 cm³/mol. The third kappa shape index (κ3) is 1.73. The second-order valence-corrected chi connectivity index (χ2v) is 5.16. The van der Waals surface area contributed by atoms with Gasteiger partial charge >= 0.3 is 0 Å². The molecule has 1 saturated carbocycles. The van der Waals surface area contributed by atoms with Crippen LogP contribution >= 0.6 is 11.6 Å². The van der Waals surface area contributed by atoms with Crippen molar-refractivity contribution in [2.45, 2.75) is 37.8 Å². The van der Waals surface area contributed by atoms with E-state index in [1.165, 1.54) is 12.8 Å². The average molecular weight is 248 g/mol. The Morgan fingerprint density at radius 1 is 1.06 bits per heavy atom. The molecule has 0 atom stereocenters. The van der Waals surface area contributed by atoms with Crippen molar-refractivity contribution in [2.75, 3.05) is 5.01 Å². The molecule has 17 heavy (non-hydrogen) atoms. The van der Waals surface area contributed by atoms with Gasteiger partial charge in [-0.15, -0.1) is 0 Å². The minimum atomic E-state index is 0.390. The summed E-state index contributed by atoms with van der Waals surface area (Å²) in [6.07, 6.45) is 6.98. The Hall–Kier alpha value is -1.40. The monoisotopic (exact) mass is 247 g/mol. The summed E-state index contributed by atoms with van der Waals surface area (Å²) in [4.78, 5) is 0. The van der Waals surface area contributed by atoms with Crippen LogP contribution in [0.4, 0.5) is 5.69 Å². The third-order valence-corrected chi connectivity index (χ3v) is 4.04. The summed E-state index contributed by atoms with van der Waals surface area (Å²) >= 11 is 5.90. The average Bonchev–Trinajstić information content (AvgIpc) is 2.40. The number of nitriles is 1. The Bertz CT molecular complexity index is 443. The van der Waals surface area contributed by atoms with Gasteiger partial charge in [0.05, 0.1) is 17.8 Å². The second kappa shape index (κ2) is 4.12. The normalized spacial score (nSPS) is 27.1. The predicted octanol–water partition coefficient (Wildman–Crippen LogP) is 3.17. The lowest BCUT2D eigenvalue weighted by Gasteiger charge is -2.51. The first-order valence-corrected chi connectivity index (χ1v) is 6.41. The number of halogens is 1. The molecule has 0 aromatic heterocycles. The van der Waals surface area contributed by atoms with Gasteiger partial charge in [0.25, 0.3) is 0 Å². The van der Waals surface area contributed by atoms with Crippen LogP contribution in [0.3, 0.4) is 0 Å². The number of hydrazine groups is 1. The fourth-order valence-corrected chi connectivity index (χ4v) is 3.08. The molecule has 0 unspecified atom stereocenters. The minimum absolute atomic E-state index is 0.390. The quantitative estimate of drug-likeness (QED) is 0.714. The van der Waals surface area contributed by atoms with E-state index in [4.69, 9.17) is 11.6 Å². The largest absolute Gasteiger partial charge is 0.273 e. The highest BCUT2D eigenvalue weighted by molar-refractivity contribution is 6.30. The molecule has 2 saturated heterocycles. The van der Waals surface area contributed by atoms with Crippen LogP contribution in [0.25, 0.3) is 0 Å². The van der Waals surface area contributed by atoms with Gasteiger partial charge in [-0.1, -0.05) is 11.6 Å². The summed E-state index contributed by atoms with van der Waals surface area (Å²) in [5.74, 6) is 0. The summed E-state index contributed by atoms with van der Waals surface area (Å²) in [7, 11) is 0. The fraction of sp³-hybridized carbons (Fsp3) is 0.462. The highest BCUT2D eigenvalue weighted by Crippen LogP contribution is 2.38. The van der Waals surface area contributed by atoms with Gasteiger partial charge in [-0.05, 0) is 49.9 Å². The highest BCUT2D eigenvalue weighted by Gasteiger charge is 2.40. The van der Waals surface area contributed by atoms with Crippen molar-refractivity contribution in [3.63, 3.8) is 0 Å². The lowest BCUT2D eigenvalue weighted by molar-refractivity contribution is 0.110. The zero-order chi connectivity index (χ0) is 11.8. The molecule has 1 aromatic rings. The zero-order valence-electron chi connectivity index (χ0n) is 9.51. The van der Waals surface area contributed by atoms with E-state index in [0.29, 0.717) is 12.1 Å². The lowest BCUT2D eigenvalue weighted by Crippen LogP contribution is -2.59. The molecule has 0 radical (unpaired) electrons. The van der Waals surface area contributed by atoms with Crippen LogP contribution in [0.2, 0.25) is 5.02 Å². The van der Waals surface area contributed by atoms with Crippen LogP contribution in [0.5, 0.6) is 0 Å². The van der Waals surface area contributed by atoms with Crippen LogP contribution in [-0.4, -0.2) is 17.1 Å². The number of rotatable bonds is 1. The summed E-state index contributed by atoms with van der Waals surface area (Å²) < 4.78 is 0. The number of nitrogens with zero attached hydrogens (tertiary/aromatic N) is 3. The Balaban J connectivity index is 1.95. The molecular weight excluding hydrogens is 234 g/mol. The first kappa shape index (κ1) is 10.7. The number of hydrogen-bond donors (Lipinski definition) is 0. The SMILES string of the molecule is N#CN1C2CCC(CC2)N1c1ccc(Cl)cc1. The number of benzene rings is 1. The molecule has 2 bridgehead atoms. The van der Waals surface area contributed by atoms with E-state index < -0.39 is 0 Å². The molecule has 1 aliphatic carbocycles. The topological polar surface area (TPSA) is 30.3 Å². The summed E-state index contributed by atoms with van der Waals surface area (Å²) in [5.41, 5.74) is 1.07. The molecule has 4 heteroatoms. The van der Waals surface area contributed by atoms with Crippen LogP contribution in [0, 0.1) is 11.5 Å². The fourth-order valence-electron chi connectivity index (χ4n) is 2.96. The maximum atomic E-state index is 9.31. The van der Waals surface area contributed by atoms with Gasteiger partial charge in [0, 0.05) is 5.02 Å².